The number of carbonyl (C=O) groups is 1. The van der Waals surface area contributed by atoms with Crippen LogP contribution in [0, 0.1) is 0 Å². The van der Waals surface area contributed by atoms with Gasteiger partial charge in [-0.15, -0.1) is 0 Å². The van der Waals surface area contributed by atoms with Gasteiger partial charge in [-0.25, -0.2) is 13.2 Å². The zero-order valence-electron chi connectivity index (χ0n) is 10.4. The molecule has 2 unspecified atom stereocenters. The molecule has 0 amide bonds. The third kappa shape index (κ3) is 2.87. The van der Waals surface area contributed by atoms with E-state index in [0.717, 1.165) is 11.8 Å². The predicted octanol–water partition coefficient (Wildman–Crippen LogP) is 0.467. The van der Waals surface area contributed by atoms with Crippen LogP contribution < -0.4 is 10.5 Å². The van der Waals surface area contributed by atoms with E-state index in [0.29, 0.717) is 24.2 Å². The lowest BCUT2D eigenvalue weighted by Gasteiger charge is -2.24. The standard InChI is InChI=1S/C12H15NO5S/c1-19(16,17)11(13)8-3-4-9-7(6-8)2-5-10(18-9)12(14)15/h3-4,6,10-11H,2,5,13H2,1H3,(H,14,15). The van der Waals surface area contributed by atoms with Crippen LogP contribution in [-0.2, 0) is 21.1 Å². The number of ether oxygens (including phenoxy) is 1. The Bertz CT molecular complexity index is 611. The number of carboxylic acid groups (broad SMARTS) is 1. The van der Waals surface area contributed by atoms with Crippen molar-refractivity contribution in [2.75, 3.05) is 6.26 Å². The van der Waals surface area contributed by atoms with Crippen molar-refractivity contribution in [1.82, 2.24) is 0 Å². The van der Waals surface area contributed by atoms with E-state index in [4.69, 9.17) is 15.6 Å². The average Bonchev–Trinajstić information content (AvgIpc) is 2.35. The molecule has 1 heterocycles. The number of fused-ring (bicyclic) bond motifs is 1. The monoisotopic (exact) mass is 285 g/mol. The highest BCUT2D eigenvalue weighted by Gasteiger charge is 2.27. The third-order valence-electron chi connectivity index (χ3n) is 3.09. The van der Waals surface area contributed by atoms with Gasteiger partial charge in [0, 0.05) is 6.26 Å². The highest BCUT2D eigenvalue weighted by molar-refractivity contribution is 7.90. The molecule has 1 aliphatic rings. The van der Waals surface area contributed by atoms with Crippen LogP contribution in [0.25, 0.3) is 0 Å². The van der Waals surface area contributed by atoms with Crippen molar-refractivity contribution < 1.29 is 23.1 Å². The largest absolute Gasteiger partial charge is 0.479 e. The molecule has 1 aromatic rings. The SMILES string of the molecule is CS(=O)(=O)C(N)c1ccc2c(c1)CCC(C(=O)O)O2. The Morgan fingerprint density at radius 2 is 2.21 bits per heavy atom. The summed E-state index contributed by atoms with van der Waals surface area (Å²) in [6.45, 7) is 0. The average molecular weight is 285 g/mol. The first-order valence-corrected chi connectivity index (χ1v) is 7.71. The second-order valence-corrected chi connectivity index (χ2v) is 6.77. The Balaban J connectivity index is 2.30. The van der Waals surface area contributed by atoms with Crippen molar-refractivity contribution in [3.63, 3.8) is 0 Å². The molecule has 2 atom stereocenters. The number of aryl methyl sites for hydroxylation is 1. The van der Waals surface area contributed by atoms with Gasteiger partial charge in [-0.05, 0) is 36.1 Å². The van der Waals surface area contributed by atoms with Crippen LogP contribution in [0.3, 0.4) is 0 Å². The summed E-state index contributed by atoms with van der Waals surface area (Å²) in [5, 5.41) is 7.81. The van der Waals surface area contributed by atoms with Gasteiger partial charge >= 0.3 is 5.97 Å². The second-order valence-electron chi connectivity index (χ2n) is 4.60. The summed E-state index contributed by atoms with van der Waals surface area (Å²) >= 11 is 0. The molecule has 0 aromatic heterocycles. The van der Waals surface area contributed by atoms with Crippen LogP contribution in [0.2, 0.25) is 0 Å². The molecule has 1 aliphatic heterocycles. The normalized spacial score (nSPS) is 20.2. The van der Waals surface area contributed by atoms with Crippen molar-refractivity contribution in [1.29, 1.82) is 0 Å². The van der Waals surface area contributed by atoms with Crippen molar-refractivity contribution >= 4 is 15.8 Å². The number of benzene rings is 1. The molecule has 3 N–H and O–H groups in total. The molecule has 104 valence electrons. The Labute approximate surface area is 111 Å². The van der Waals surface area contributed by atoms with Crippen LogP contribution in [-0.4, -0.2) is 31.9 Å². The maximum atomic E-state index is 11.4. The van der Waals surface area contributed by atoms with Gasteiger partial charge in [-0.3, -0.25) is 0 Å². The lowest BCUT2D eigenvalue weighted by atomic mass is 10.00. The van der Waals surface area contributed by atoms with Gasteiger partial charge in [0.2, 0.25) is 0 Å². The van der Waals surface area contributed by atoms with E-state index in [9.17, 15) is 13.2 Å². The molecule has 6 nitrogen and oxygen atoms in total. The first-order valence-electron chi connectivity index (χ1n) is 5.76. The molecule has 0 saturated carbocycles. The van der Waals surface area contributed by atoms with Gasteiger partial charge in [0.25, 0.3) is 0 Å². The van der Waals surface area contributed by atoms with Crippen molar-refractivity contribution in [3.8, 4) is 5.75 Å². The van der Waals surface area contributed by atoms with Crippen LogP contribution in [0.5, 0.6) is 5.75 Å². The van der Waals surface area contributed by atoms with Gasteiger partial charge in [0.05, 0.1) is 0 Å². The maximum Gasteiger partial charge on any atom is 0.344 e. The maximum absolute atomic E-state index is 11.4. The zero-order chi connectivity index (χ0) is 14.2. The van der Waals surface area contributed by atoms with Crippen molar-refractivity contribution in [3.05, 3.63) is 29.3 Å². The fraction of sp³-hybridized carbons (Fsp3) is 0.417. The van der Waals surface area contributed by atoms with Crippen molar-refractivity contribution in [2.24, 2.45) is 5.73 Å². The summed E-state index contributed by atoms with van der Waals surface area (Å²) in [5.74, 6) is -0.523. The van der Waals surface area contributed by atoms with Gasteiger partial charge < -0.3 is 15.6 Å². The van der Waals surface area contributed by atoms with E-state index in [1.807, 2.05) is 0 Å². The second kappa shape index (κ2) is 4.82. The molecular formula is C12H15NO5S. The fourth-order valence-electron chi connectivity index (χ4n) is 2.01. The summed E-state index contributed by atoms with van der Waals surface area (Å²) in [6, 6.07) is 4.79. The van der Waals surface area contributed by atoms with E-state index in [2.05, 4.69) is 0 Å². The van der Waals surface area contributed by atoms with Gasteiger partial charge in [0.1, 0.15) is 11.1 Å². The van der Waals surface area contributed by atoms with E-state index in [-0.39, 0.29) is 0 Å². The Morgan fingerprint density at radius 1 is 1.53 bits per heavy atom. The van der Waals surface area contributed by atoms with Crippen LogP contribution in [0.1, 0.15) is 22.9 Å². The minimum Gasteiger partial charge on any atom is -0.479 e. The van der Waals surface area contributed by atoms with Gasteiger partial charge in [-0.2, -0.15) is 0 Å². The highest BCUT2D eigenvalue weighted by Crippen LogP contribution is 2.30. The first-order chi connectivity index (χ1) is 8.79. The molecule has 0 aliphatic carbocycles. The zero-order valence-corrected chi connectivity index (χ0v) is 11.2. The molecule has 0 spiro atoms. The lowest BCUT2D eigenvalue weighted by Crippen LogP contribution is -2.31. The Hall–Kier alpha value is -1.60. The molecule has 1 aromatic carbocycles. The minimum atomic E-state index is -3.36. The molecule has 7 heteroatoms. The summed E-state index contributed by atoms with van der Waals surface area (Å²) in [5.41, 5.74) is 6.93. The van der Waals surface area contributed by atoms with Crippen LogP contribution >= 0.6 is 0 Å². The number of hydrogen-bond acceptors (Lipinski definition) is 5. The highest BCUT2D eigenvalue weighted by atomic mass is 32.2. The smallest absolute Gasteiger partial charge is 0.344 e. The van der Waals surface area contributed by atoms with E-state index < -0.39 is 27.3 Å². The van der Waals surface area contributed by atoms with Crippen LogP contribution in [0.4, 0.5) is 0 Å². The van der Waals surface area contributed by atoms with Crippen LogP contribution in [0.15, 0.2) is 18.2 Å². The van der Waals surface area contributed by atoms with E-state index >= 15 is 0 Å². The number of rotatable bonds is 3. The van der Waals surface area contributed by atoms with Crippen molar-refractivity contribution in [2.45, 2.75) is 24.3 Å². The van der Waals surface area contributed by atoms with E-state index in [1.54, 1.807) is 18.2 Å². The molecule has 0 bridgehead atoms. The lowest BCUT2D eigenvalue weighted by molar-refractivity contribution is -0.145. The quantitative estimate of drug-likeness (QED) is 0.836. The summed E-state index contributed by atoms with van der Waals surface area (Å²) in [6.07, 6.45) is 1.12. The summed E-state index contributed by atoms with van der Waals surface area (Å²) in [4.78, 5) is 10.8. The Morgan fingerprint density at radius 3 is 2.79 bits per heavy atom. The summed E-state index contributed by atoms with van der Waals surface area (Å²) in [7, 11) is -3.36. The number of carboxylic acids is 1. The number of aliphatic carboxylic acids is 1. The topological polar surface area (TPSA) is 107 Å². The van der Waals surface area contributed by atoms with Gasteiger partial charge in [-0.1, -0.05) is 6.07 Å². The number of nitrogens with two attached hydrogens (primary N) is 1. The fourth-order valence-corrected chi connectivity index (χ4v) is 2.65. The number of sulfone groups is 1. The third-order valence-corrected chi connectivity index (χ3v) is 4.29. The molecular weight excluding hydrogens is 270 g/mol. The molecule has 0 saturated heterocycles. The molecule has 0 fully saturated rings. The number of hydrogen-bond donors (Lipinski definition) is 2. The molecule has 0 radical (unpaired) electrons. The summed E-state index contributed by atoms with van der Waals surface area (Å²) < 4.78 is 28.1. The van der Waals surface area contributed by atoms with E-state index in [1.165, 1.54) is 0 Å². The first kappa shape index (κ1) is 13.8. The molecule has 19 heavy (non-hydrogen) atoms. The molecule has 2 rings (SSSR count). The minimum absolute atomic E-state index is 0.361. The van der Waals surface area contributed by atoms with Gasteiger partial charge in [0.15, 0.2) is 15.9 Å². The predicted molar refractivity (Wildman–Crippen MR) is 68.6 cm³/mol. The Kier molecular flexibility index (Phi) is 3.51.